The van der Waals surface area contributed by atoms with Gasteiger partial charge in [-0.2, -0.15) is 0 Å². The van der Waals surface area contributed by atoms with Gasteiger partial charge < -0.3 is 0 Å². The van der Waals surface area contributed by atoms with E-state index in [0.717, 1.165) is 17.3 Å². The minimum Gasteiger partial charge on any atom is -0.0970 e. The molecule has 0 aliphatic carbocycles. The Kier molecular flexibility index (Phi) is 4.66. The first-order valence-corrected chi connectivity index (χ1v) is 5.61. The van der Waals surface area contributed by atoms with Gasteiger partial charge in [-0.25, -0.2) is 0 Å². The maximum absolute atomic E-state index is 5.82. The van der Waals surface area contributed by atoms with Crippen molar-refractivity contribution in [3.8, 4) is 11.8 Å². The van der Waals surface area contributed by atoms with Crippen molar-refractivity contribution in [3.05, 3.63) is 33.8 Å². The van der Waals surface area contributed by atoms with Crippen LogP contribution in [-0.4, -0.2) is 5.33 Å². The summed E-state index contributed by atoms with van der Waals surface area (Å²) >= 11 is 14.9. The highest BCUT2D eigenvalue weighted by Crippen LogP contribution is 2.21. The van der Waals surface area contributed by atoms with Gasteiger partial charge in [-0.1, -0.05) is 51.0 Å². The number of hydrogen-bond donors (Lipinski definition) is 0. The van der Waals surface area contributed by atoms with Gasteiger partial charge in [0.25, 0.3) is 0 Å². The molecule has 0 radical (unpaired) electrons. The highest BCUT2D eigenvalue weighted by atomic mass is 79.9. The zero-order valence-corrected chi connectivity index (χ0v) is 9.88. The van der Waals surface area contributed by atoms with Crippen LogP contribution in [0.3, 0.4) is 0 Å². The van der Waals surface area contributed by atoms with Crippen LogP contribution in [0.5, 0.6) is 0 Å². The van der Waals surface area contributed by atoms with Gasteiger partial charge in [-0.3, -0.25) is 0 Å². The summed E-state index contributed by atoms with van der Waals surface area (Å²) in [5.41, 5.74) is 0.898. The number of halogens is 3. The molecule has 0 bridgehead atoms. The minimum atomic E-state index is 0.548. The molecule has 68 valence electrons. The summed E-state index contributed by atoms with van der Waals surface area (Å²) in [5.74, 6) is 5.99. The van der Waals surface area contributed by atoms with Gasteiger partial charge in [0.15, 0.2) is 0 Å². The average Bonchev–Trinajstić information content (AvgIpc) is 2.12. The van der Waals surface area contributed by atoms with E-state index in [-0.39, 0.29) is 0 Å². The van der Waals surface area contributed by atoms with Crippen molar-refractivity contribution in [1.82, 2.24) is 0 Å². The fourth-order valence-electron chi connectivity index (χ4n) is 0.786. The molecule has 0 aliphatic heterocycles. The van der Waals surface area contributed by atoms with Gasteiger partial charge >= 0.3 is 0 Å². The molecule has 0 spiro atoms. The molecule has 1 aromatic rings. The third-order valence-corrected chi connectivity index (χ3v) is 2.51. The predicted octanol–water partition coefficient (Wildman–Crippen LogP) is 4.13. The lowest BCUT2D eigenvalue weighted by atomic mass is 10.2. The summed E-state index contributed by atoms with van der Waals surface area (Å²) in [7, 11) is 0. The predicted molar refractivity (Wildman–Crippen MR) is 61.8 cm³/mol. The molecule has 0 saturated carbocycles. The van der Waals surface area contributed by atoms with E-state index in [1.807, 2.05) is 6.07 Å². The zero-order valence-electron chi connectivity index (χ0n) is 6.78. The normalized spacial score (nSPS) is 9.15. The second-order valence-electron chi connectivity index (χ2n) is 2.37. The average molecular weight is 278 g/mol. The lowest BCUT2D eigenvalue weighted by molar-refractivity contribution is 1.32. The first-order valence-electron chi connectivity index (χ1n) is 3.74. The Bertz CT molecular complexity index is 350. The Balaban J connectivity index is 2.81. The van der Waals surface area contributed by atoms with Gasteiger partial charge in [0.05, 0.1) is 10.0 Å². The van der Waals surface area contributed by atoms with E-state index in [4.69, 9.17) is 23.2 Å². The van der Waals surface area contributed by atoms with E-state index in [9.17, 15) is 0 Å². The number of rotatable bonds is 1. The lowest BCUT2D eigenvalue weighted by Crippen LogP contribution is -1.75. The van der Waals surface area contributed by atoms with Gasteiger partial charge in [0.1, 0.15) is 0 Å². The summed E-state index contributed by atoms with van der Waals surface area (Å²) in [4.78, 5) is 0. The van der Waals surface area contributed by atoms with E-state index in [1.54, 1.807) is 12.1 Å². The summed E-state index contributed by atoms with van der Waals surface area (Å²) in [6.45, 7) is 0. The topological polar surface area (TPSA) is 0 Å². The molecule has 0 atom stereocenters. The number of alkyl halides is 1. The molecule has 1 aromatic carbocycles. The summed E-state index contributed by atoms with van der Waals surface area (Å²) in [6, 6.07) is 5.38. The molecule has 13 heavy (non-hydrogen) atoms. The van der Waals surface area contributed by atoms with E-state index >= 15 is 0 Å². The monoisotopic (exact) mass is 276 g/mol. The van der Waals surface area contributed by atoms with Crippen molar-refractivity contribution in [2.24, 2.45) is 0 Å². The van der Waals surface area contributed by atoms with E-state index in [1.165, 1.54) is 0 Å². The van der Waals surface area contributed by atoms with Crippen LogP contribution in [0.2, 0.25) is 10.0 Å². The van der Waals surface area contributed by atoms with E-state index in [2.05, 4.69) is 27.8 Å². The first kappa shape index (κ1) is 10.9. The summed E-state index contributed by atoms with van der Waals surface area (Å²) in [6.07, 6.45) is 0.834. The lowest BCUT2D eigenvalue weighted by Gasteiger charge is -1.94. The second-order valence-corrected chi connectivity index (χ2v) is 3.98. The Morgan fingerprint density at radius 3 is 2.62 bits per heavy atom. The number of benzene rings is 1. The minimum absolute atomic E-state index is 0.548. The second kappa shape index (κ2) is 5.54. The molecule has 0 nitrogen and oxygen atoms in total. The van der Waals surface area contributed by atoms with Crippen LogP contribution in [0.25, 0.3) is 0 Å². The third kappa shape index (κ3) is 3.60. The molecule has 3 heteroatoms. The largest absolute Gasteiger partial charge is 0.0970 e. The molecular weight excluding hydrogens is 271 g/mol. The maximum atomic E-state index is 5.82. The fraction of sp³-hybridized carbons (Fsp3) is 0.200. The smallest absolute Gasteiger partial charge is 0.0604 e. The van der Waals surface area contributed by atoms with Crippen molar-refractivity contribution < 1.29 is 0 Å². The highest BCUT2D eigenvalue weighted by Gasteiger charge is 1.95. The molecule has 0 N–H and O–H groups in total. The van der Waals surface area contributed by atoms with Gasteiger partial charge in [0, 0.05) is 17.3 Å². The van der Waals surface area contributed by atoms with Gasteiger partial charge in [-0.15, -0.1) is 0 Å². The zero-order chi connectivity index (χ0) is 9.68. The third-order valence-electron chi connectivity index (χ3n) is 1.37. The van der Waals surface area contributed by atoms with Crippen LogP contribution in [0.4, 0.5) is 0 Å². The number of hydrogen-bond acceptors (Lipinski definition) is 0. The first-order chi connectivity index (χ1) is 6.24. The Morgan fingerprint density at radius 1 is 1.23 bits per heavy atom. The van der Waals surface area contributed by atoms with Crippen LogP contribution in [0.1, 0.15) is 12.0 Å². The molecule has 1 rings (SSSR count). The van der Waals surface area contributed by atoms with Crippen LogP contribution in [-0.2, 0) is 0 Å². The van der Waals surface area contributed by atoms with Gasteiger partial charge in [-0.05, 0) is 18.2 Å². The maximum Gasteiger partial charge on any atom is 0.0604 e. The molecule has 0 aliphatic rings. The van der Waals surface area contributed by atoms with E-state index < -0.39 is 0 Å². The molecule has 0 amide bonds. The molecular formula is C10H7BrCl2. The van der Waals surface area contributed by atoms with Crippen molar-refractivity contribution in [1.29, 1.82) is 0 Å². The van der Waals surface area contributed by atoms with Crippen molar-refractivity contribution in [2.75, 3.05) is 5.33 Å². The highest BCUT2D eigenvalue weighted by molar-refractivity contribution is 9.09. The molecule has 0 aromatic heterocycles. The summed E-state index contributed by atoms with van der Waals surface area (Å²) in [5, 5.41) is 2.00. The van der Waals surface area contributed by atoms with Gasteiger partial charge in [0.2, 0.25) is 0 Å². The van der Waals surface area contributed by atoms with E-state index in [0.29, 0.717) is 10.0 Å². The molecule has 0 fully saturated rings. The van der Waals surface area contributed by atoms with Crippen LogP contribution in [0.15, 0.2) is 18.2 Å². The van der Waals surface area contributed by atoms with Crippen molar-refractivity contribution >= 4 is 39.1 Å². The van der Waals surface area contributed by atoms with Crippen LogP contribution < -0.4 is 0 Å². The Morgan fingerprint density at radius 2 is 2.00 bits per heavy atom. The standard InChI is InChI=1S/C10H7BrCl2/c11-6-2-1-3-8-4-5-9(12)10(13)7-8/h4-5,7H,2,6H2. The van der Waals surface area contributed by atoms with Crippen molar-refractivity contribution in [3.63, 3.8) is 0 Å². The SMILES string of the molecule is Clc1ccc(C#CCCBr)cc1Cl. The summed E-state index contributed by atoms with van der Waals surface area (Å²) < 4.78 is 0. The van der Waals surface area contributed by atoms with Crippen LogP contribution >= 0.6 is 39.1 Å². The quantitative estimate of drug-likeness (QED) is 0.535. The van der Waals surface area contributed by atoms with Crippen LogP contribution in [0, 0.1) is 11.8 Å². The Labute approximate surface area is 96.4 Å². The molecule has 0 heterocycles. The molecule has 0 unspecified atom stereocenters. The Hall–Kier alpha value is -0.160. The molecule has 0 saturated heterocycles. The van der Waals surface area contributed by atoms with Crippen molar-refractivity contribution in [2.45, 2.75) is 6.42 Å². The fourth-order valence-corrected chi connectivity index (χ4v) is 1.28.